The molecule has 0 saturated carbocycles. The molecule has 0 N–H and O–H groups in total. The van der Waals surface area contributed by atoms with Crippen molar-refractivity contribution in [1.82, 2.24) is 4.31 Å². The number of rotatable bonds is 6. The lowest BCUT2D eigenvalue weighted by Crippen LogP contribution is -2.49. The zero-order valence-electron chi connectivity index (χ0n) is 15.9. The van der Waals surface area contributed by atoms with Gasteiger partial charge in [-0.3, -0.25) is 9.59 Å². The van der Waals surface area contributed by atoms with Crippen molar-refractivity contribution in [3.63, 3.8) is 0 Å². The van der Waals surface area contributed by atoms with Crippen LogP contribution in [0.2, 0.25) is 5.02 Å². The third kappa shape index (κ3) is 4.05. The van der Waals surface area contributed by atoms with E-state index in [4.69, 9.17) is 11.6 Å². The largest absolute Gasteiger partial charge is 0.274 e. The van der Waals surface area contributed by atoms with Crippen LogP contribution in [0, 0.1) is 5.82 Å². The molecule has 6 nitrogen and oxygen atoms in total. The van der Waals surface area contributed by atoms with Crippen molar-refractivity contribution in [3.05, 3.63) is 59.4 Å². The Hall–Kier alpha value is -2.29. The number of nitrogens with zero attached hydrogens (tertiary/aromatic N) is 2. The predicted molar refractivity (Wildman–Crippen MR) is 108 cm³/mol. The SMILES string of the molecule is CCC(C)N(C1CC(=O)N(c2ccc(Cl)cc2)C1=O)S(=O)(=O)c1ccc(F)cc1. The second kappa shape index (κ2) is 8.22. The maximum Gasteiger partial charge on any atom is 0.252 e. The van der Waals surface area contributed by atoms with E-state index in [1.54, 1.807) is 26.0 Å². The van der Waals surface area contributed by atoms with Crippen LogP contribution in [0.15, 0.2) is 53.4 Å². The standard InChI is InChI=1S/C20H20ClFN2O4S/c1-3-13(2)24(29(27,28)17-10-6-15(22)7-11-17)18-12-19(25)23(20(18)26)16-8-4-14(21)5-9-16/h4-11,13,18H,3,12H2,1-2H3. The Labute approximate surface area is 173 Å². The number of benzene rings is 2. The van der Waals surface area contributed by atoms with Crippen LogP contribution in [0.5, 0.6) is 0 Å². The first-order chi connectivity index (χ1) is 13.7. The normalized spacial score (nSPS) is 18.5. The van der Waals surface area contributed by atoms with Gasteiger partial charge in [-0.15, -0.1) is 0 Å². The summed E-state index contributed by atoms with van der Waals surface area (Å²) in [5.41, 5.74) is 0.329. The average Bonchev–Trinajstić information content (AvgIpc) is 2.96. The van der Waals surface area contributed by atoms with Crippen molar-refractivity contribution in [2.45, 2.75) is 43.7 Å². The number of carbonyl (C=O) groups excluding carboxylic acids is 2. The molecule has 3 rings (SSSR count). The van der Waals surface area contributed by atoms with Crippen LogP contribution in [0.25, 0.3) is 0 Å². The monoisotopic (exact) mass is 438 g/mol. The van der Waals surface area contributed by atoms with Crippen LogP contribution >= 0.6 is 11.6 Å². The first-order valence-electron chi connectivity index (χ1n) is 9.08. The first-order valence-corrected chi connectivity index (χ1v) is 10.9. The van der Waals surface area contributed by atoms with E-state index in [2.05, 4.69) is 0 Å². The molecule has 1 heterocycles. The number of anilines is 1. The van der Waals surface area contributed by atoms with Crippen molar-refractivity contribution in [2.75, 3.05) is 4.90 Å². The minimum atomic E-state index is -4.14. The molecule has 1 aliphatic heterocycles. The molecule has 0 radical (unpaired) electrons. The molecular formula is C20H20ClFN2O4S. The Bertz CT molecular complexity index is 1030. The number of imide groups is 1. The minimum absolute atomic E-state index is 0.135. The second-order valence-corrected chi connectivity index (χ2v) is 9.09. The van der Waals surface area contributed by atoms with Gasteiger partial charge >= 0.3 is 0 Å². The third-order valence-corrected chi connectivity index (χ3v) is 7.22. The first kappa shape index (κ1) is 21.4. The van der Waals surface area contributed by atoms with Crippen molar-refractivity contribution >= 4 is 39.1 Å². The van der Waals surface area contributed by atoms with Crippen molar-refractivity contribution in [3.8, 4) is 0 Å². The number of sulfonamides is 1. The molecule has 2 unspecified atom stereocenters. The van der Waals surface area contributed by atoms with E-state index in [1.165, 1.54) is 12.1 Å². The van der Waals surface area contributed by atoms with E-state index >= 15 is 0 Å². The van der Waals surface area contributed by atoms with Crippen LogP contribution in [0.1, 0.15) is 26.7 Å². The number of hydrogen-bond donors (Lipinski definition) is 0. The van der Waals surface area contributed by atoms with Crippen molar-refractivity contribution in [1.29, 1.82) is 0 Å². The van der Waals surface area contributed by atoms with E-state index in [9.17, 15) is 22.4 Å². The van der Waals surface area contributed by atoms with Crippen molar-refractivity contribution in [2.24, 2.45) is 0 Å². The zero-order valence-corrected chi connectivity index (χ0v) is 17.5. The van der Waals surface area contributed by atoms with Crippen LogP contribution in [0.4, 0.5) is 10.1 Å². The summed E-state index contributed by atoms with van der Waals surface area (Å²) in [6.45, 7) is 3.46. The van der Waals surface area contributed by atoms with Gasteiger partial charge in [0.05, 0.1) is 17.0 Å². The Morgan fingerprint density at radius 2 is 1.72 bits per heavy atom. The quantitative estimate of drug-likeness (QED) is 0.646. The predicted octanol–water partition coefficient (Wildman–Crippen LogP) is 3.60. The molecule has 9 heteroatoms. The fourth-order valence-electron chi connectivity index (χ4n) is 3.30. The molecule has 29 heavy (non-hydrogen) atoms. The Morgan fingerprint density at radius 3 is 2.28 bits per heavy atom. The van der Waals surface area contributed by atoms with E-state index in [0.717, 1.165) is 33.5 Å². The van der Waals surface area contributed by atoms with E-state index in [-0.39, 0.29) is 11.3 Å². The summed E-state index contributed by atoms with van der Waals surface area (Å²) in [4.78, 5) is 26.6. The molecule has 1 aliphatic rings. The molecule has 2 amide bonds. The summed E-state index contributed by atoms with van der Waals surface area (Å²) in [6.07, 6.45) is 0.158. The molecule has 0 aromatic heterocycles. The van der Waals surface area contributed by atoms with E-state index in [0.29, 0.717) is 17.1 Å². The van der Waals surface area contributed by atoms with Crippen molar-refractivity contribution < 1.29 is 22.4 Å². The molecule has 2 aromatic rings. The molecule has 1 fully saturated rings. The molecule has 0 bridgehead atoms. The Kier molecular flexibility index (Phi) is 6.07. The highest BCUT2D eigenvalue weighted by molar-refractivity contribution is 7.89. The molecule has 1 saturated heterocycles. The van der Waals surface area contributed by atoms with Gasteiger partial charge in [-0.25, -0.2) is 17.7 Å². The van der Waals surface area contributed by atoms with Crippen LogP contribution in [-0.2, 0) is 19.6 Å². The molecular weight excluding hydrogens is 419 g/mol. The second-order valence-electron chi connectivity index (χ2n) is 6.81. The summed E-state index contributed by atoms with van der Waals surface area (Å²) in [7, 11) is -4.14. The molecule has 0 spiro atoms. The maximum absolute atomic E-state index is 13.3. The van der Waals surface area contributed by atoms with Gasteiger partial charge < -0.3 is 0 Å². The van der Waals surface area contributed by atoms with E-state index in [1.807, 2.05) is 0 Å². The van der Waals surface area contributed by atoms with Crippen LogP contribution in [-0.4, -0.2) is 36.6 Å². The summed E-state index contributed by atoms with van der Waals surface area (Å²) in [6, 6.07) is 8.83. The van der Waals surface area contributed by atoms with Gasteiger partial charge in [0.25, 0.3) is 5.91 Å². The lowest BCUT2D eigenvalue weighted by molar-refractivity contribution is -0.122. The number of carbonyl (C=O) groups is 2. The van der Waals surface area contributed by atoms with Gasteiger partial charge in [0.15, 0.2) is 0 Å². The zero-order chi connectivity index (χ0) is 21.3. The third-order valence-electron chi connectivity index (χ3n) is 4.93. The molecule has 2 atom stereocenters. The summed E-state index contributed by atoms with van der Waals surface area (Å²) >= 11 is 5.87. The highest BCUT2D eigenvalue weighted by atomic mass is 35.5. The minimum Gasteiger partial charge on any atom is -0.274 e. The fourth-order valence-corrected chi connectivity index (χ4v) is 5.27. The van der Waals surface area contributed by atoms with Gasteiger partial charge in [-0.05, 0) is 61.9 Å². The highest BCUT2D eigenvalue weighted by Crippen LogP contribution is 2.32. The molecule has 154 valence electrons. The van der Waals surface area contributed by atoms with Crippen LogP contribution < -0.4 is 4.90 Å². The van der Waals surface area contributed by atoms with Gasteiger partial charge in [0, 0.05) is 11.1 Å². The summed E-state index contributed by atoms with van der Waals surface area (Å²) in [5, 5.41) is 0.449. The highest BCUT2D eigenvalue weighted by Gasteiger charge is 2.48. The van der Waals surface area contributed by atoms with E-state index < -0.39 is 39.7 Å². The topological polar surface area (TPSA) is 74.8 Å². The van der Waals surface area contributed by atoms with Gasteiger partial charge in [-0.2, -0.15) is 4.31 Å². The van der Waals surface area contributed by atoms with Gasteiger partial charge in [0.2, 0.25) is 15.9 Å². The Balaban J connectivity index is 2.01. The Morgan fingerprint density at radius 1 is 1.14 bits per heavy atom. The van der Waals surface area contributed by atoms with Crippen LogP contribution in [0.3, 0.4) is 0 Å². The van der Waals surface area contributed by atoms with Gasteiger partial charge in [-0.1, -0.05) is 18.5 Å². The fraction of sp³-hybridized carbons (Fsp3) is 0.300. The maximum atomic E-state index is 13.3. The number of amides is 2. The lowest BCUT2D eigenvalue weighted by atomic mass is 10.2. The lowest BCUT2D eigenvalue weighted by Gasteiger charge is -2.31. The summed E-state index contributed by atoms with van der Waals surface area (Å²) < 4.78 is 40.9. The smallest absolute Gasteiger partial charge is 0.252 e. The number of hydrogen-bond acceptors (Lipinski definition) is 4. The molecule has 2 aromatic carbocycles. The summed E-state index contributed by atoms with van der Waals surface area (Å²) in [5.74, 6) is -1.69. The average molecular weight is 439 g/mol. The molecule has 0 aliphatic carbocycles. The van der Waals surface area contributed by atoms with Gasteiger partial charge in [0.1, 0.15) is 11.9 Å². The number of halogens is 2.